The average molecular weight is 322 g/mol. The number of hydrogen-bond donors (Lipinski definition) is 1. The topological polar surface area (TPSA) is 75.9 Å². The van der Waals surface area contributed by atoms with Crippen LogP contribution in [0, 0.1) is 12.3 Å². The molecule has 0 unspecified atom stereocenters. The molecular weight excluding hydrogens is 306 g/mol. The van der Waals surface area contributed by atoms with Gasteiger partial charge in [-0.3, -0.25) is 4.79 Å². The zero-order valence-corrected chi connectivity index (χ0v) is 12.3. The molecule has 1 N–H and O–H groups in total. The van der Waals surface area contributed by atoms with Crippen LogP contribution >= 0.6 is 0 Å². The zero-order valence-electron chi connectivity index (χ0n) is 12.3. The Morgan fingerprint density at radius 2 is 2.17 bits per heavy atom. The van der Waals surface area contributed by atoms with Crippen molar-refractivity contribution in [3.63, 3.8) is 0 Å². The molecule has 0 saturated heterocycles. The monoisotopic (exact) mass is 322 g/mol. The number of aromatic nitrogens is 1. The lowest BCUT2D eigenvalue weighted by molar-refractivity contribution is 0.0794. The largest absolute Gasteiger partial charge is 0.472 e. The molecular formula is C15H16F2N4O2. The second kappa shape index (κ2) is 7.63. The third-order valence-corrected chi connectivity index (χ3v) is 3.22. The molecule has 0 spiro atoms. The smallest absolute Gasteiger partial charge is 0.272 e. The molecule has 8 heteroatoms. The Balaban J connectivity index is 1.74. The van der Waals surface area contributed by atoms with Crippen molar-refractivity contribution in [1.29, 1.82) is 0 Å². The third kappa shape index (κ3) is 5.29. The van der Waals surface area contributed by atoms with Crippen LogP contribution in [0.25, 0.3) is 0 Å². The van der Waals surface area contributed by atoms with Crippen LogP contribution in [0.1, 0.15) is 29.6 Å². The number of hydrogen-bond acceptors (Lipinski definition) is 5. The zero-order chi connectivity index (χ0) is 16.7. The van der Waals surface area contributed by atoms with E-state index in [-0.39, 0.29) is 11.8 Å². The van der Waals surface area contributed by atoms with Gasteiger partial charge in [-0.1, -0.05) is 0 Å². The molecule has 1 aromatic heterocycles. The summed E-state index contributed by atoms with van der Waals surface area (Å²) in [5.74, 6) is 2.27. The molecule has 0 atom stereocenters. The Morgan fingerprint density at radius 3 is 2.74 bits per heavy atom. The van der Waals surface area contributed by atoms with Crippen LogP contribution in [-0.2, 0) is 0 Å². The average Bonchev–Trinajstić information content (AvgIpc) is 3.31. The summed E-state index contributed by atoms with van der Waals surface area (Å²) in [7, 11) is 0. The van der Waals surface area contributed by atoms with E-state index in [1.807, 2.05) is 0 Å². The molecule has 1 aliphatic rings. The normalized spacial score (nSPS) is 14.3. The molecule has 1 amide bonds. The first-order valence-electron chi connectivity index (χ1n) is 7.07. The quantitative estimate of drug-likeness (QED) is 0.709. The molecule has 122 valence electrons. The van der Waals surface area contributed by atoms with Crippen molar-refractivity contribution in [3.8, 4) is 18.2 Å². The molecule has 0 fully saturated rings. The van der Waals surface area contributed by atoms with Crippen molar-refractivity contribution in [2.24, 2.45) is 10.2 Å². The first kappa shape index (κ1) is 16.8. The summed E-state index contributed by atoms with van der Waals surface area (Å²) in [5, 5.41) is 10.7. The van der Waals surface area contributed by atoms with Crippen LogP contribution < -0.4 is 10.1 Å². The van der Waals surface area contributed by atoms with Crippen molar-refractivity contribution >= 4 is 5.91 Å². The second-order valence-electron chi connectivity index (χ2n) is 4.98. The number of carbonyl (C=O) groups excluding carboxylic acids is 1. The molecule has 2 heterocycles. The van der Waals surface area contributed by atoms with Crippen molar-refractivity contribution in [1.82, 2.24) is 10.3 Å². The summed E-state index contributed by atoms with van der Waals surface area (Å²) >= 11 is 0. The number of nitrogens with one attached hydrogen (secondary N) is 1. The van der Waals surface area contributed by atoms with Crippen LogP contribution in [0.4, 0.5) is 8.78 Å². The first-order valence-corrected chi connectivity index (χ1v) is 7.07. The highest BCUT2D eigenvalue weighted by Gasteiger charge is 2.38. The maximum Gasteiger partial charge on any atom is 0.272 e. The Morgan fingerprint density at radius 1 is 1.39 bits per heavy atom. The van der Waals surface area contributed by atoms with Crippen molar-refractivity contribution < 1.29 is 18.3 Å². The fourth-order valence-corrected chi connectivity index (χ4v) is 1.89. The number of ether oxygens (including phenoxy) is 1. The number of pyridine rings is 1. The Bertz CT molecular complexity index is 605. The van der Waals surface area contributed by atoms with E-state index < -0.39 is 18.7 Å². The highest BCUT2D eigenvalue weighted by molar-refractivity contribution is 5.93. The maximum absolute atomic E-state index is 12.0. The van der Waals surface area contributed by atoms with E-state index in [0.717, 1.165) is 0 Å². The number of rotatable bonds is 9. The van der Waals surface area contributed by atoms with Gasteiger partial charge in [0.15, 0.2) is 12.3 Å². The lowest BCUT2D eigenvalue weighted by Crippen LogP contribution is -2.28. The number of alkyl halides is 2. The second-order valence-corrected chi connectivity index (χ2v) is 4.98. The predicted molar refractivity (Wildman–Crippen MR) is 78.3 cm³/mol. The number of amides is 1. The lowest BCUT2D eigenvalue weighted by atomic mass is 10.0. The molecule has 0 bridgehead atoms. The molecule has 6 nitrogen and oxygen atoms in total. The van der Waals surface area contributed by atoms with Gasteiger partial charge in [0.05, 0.1) is 5.56 Å². The molecule has 23 heavy (non-hydrogen) atoms. The SMILES string of the molecule is C#CCCC1(CCNC(=O)c2ccc(OCC(F)F)nc2)N=N1. The minimum atomic E-state index is -2.57. The van der Waals surface area contributed by atoms with Crippen LogP contribution in [0.5, 0.6) is 5.88 Å². The summed E-state index contributed by atoms with van der Waals surface area (Å²) in [6.07, 6.45) is 5.76. The maximum atomic E-state index is 12.0. The molecule has 2 rings (SSSR count). The van der Waals surface area contributed by atoms with Gasteiger partial charge in [-0.15, -0.1) is 12.3 Å². The molecule has 0 aromatic carbocycles. The van der Waals surface area contributed by atoms with E-state index in [4.69, 9.17) is 11.2 Å². The van der Waals surface area contributed by atoms with Crippen molar-refractivity contribution in [3.05, 3.63) is 23.9 Å². The van der Waals surface area contributed by atoms with E-state index in [9.17, 15) is 13.6 Å². The van der Waals surface area contributed by atoms with E-state index in [0.29, 0.717) is 31.4 Å². The number of nitrogens with zero attached hydrogens (tertiary/aromatic N) is 3. The molecule has 0 aliphatic carbocycles. The van der Waals surface area contributed by atoms with Crippen LogP contribution in [0.3, 0.4) is 0 Å². The van der Waals surface area contributed by atoms with Gasteiger partial charge in [0.2, 0.25) is 5.88 Å². The van der Waals surface area contributed by atoms with Crippen LogP contribution in [0.2, 0.25) is 0 Å². The van der Waals surface area contributed by atoms with E-state index in [1.165, 1.54) is 18.3 Å². The fraction of sp³-hybridized carbons (Fsp3) is 0.467. The van der Waals surface area contributed by atoms with Crippen molar-refractivity contribution in [2.75, 3.05) is 13.2 Å². The third-order valence-electron chi connectivity index (χ3n) is 3.22. The summed E-state index contributed by atoms with van der Waals surface area (Å²) in [6, 6.07) is 2.83. The first-order chi connectivity index (χ1) is 11.0. The highest BCUT2D eigenvalue weighted by Crippen LogP contribution is 2.36. The van der Waals surface area contributed by atoms with Gasteiger partial charge in [0, 0.05) is 38.1 Å². The van der Waals surface area contributed by atoms with E-state index >= 15 is 0 Å². The van der Waals surface area contributed by atoms with Gasteiger partial charge in [-0.2, -0.15) is 10.2 Å². The predicted octanol–water partition coefficient (Wildman–Crippen LogP) is 2.42. The number of carbonyl (C=O) groups is 1. The Labute approximate surface area is 132 Å². The lowest BCUT2D eigenvalue weighted by Gasteiger charge is -2.10. The van der Waals surface area contributed by atoms with Gasteiger partial charge in [-0.25, -0.2) is 13.8 Å². The molecule has 1 aliphatic heterocycles. The highest BCUT2D eigenvalue weighted by atomic mass is 19.3. The van der Waals surface area contributed by atoms with Crippen molar-refractivity contribution in [2.45, 2.75) is 31.4 Å². The van der Waals surface area contributed by atoms with Crippen LogP contribution in [0.15, 0.2) is 28.6 Å². The minimum absolute atomic E-state index is 0.0469. The molecule has 1 aromatic rings. The standard InChI is InChI=1S/C15H16F2N4O2/c1-2-3-6-15(20-21-15)7-8-18-14(22)11-4-5-13(19-9-11)23-10-12(16)17/h1,4-5,9,12H,3,6-8,10H2,(H,18,22). The molecule has 0 saturated carbocycles. The minimum Gasteiger partial charge on any atom is -0.472 e. The summed E-state index contributed by atoms with van der Waals surface area (Å²) in [5.41, 5.74) is -0.123. The Hall–Kier alpha value is -2.56. The van der Waals surface area contributed by atoms with Gasteiger partial charge in [-0.05, 0) is 6.07 Å². The van der Waals surface area contributed by atoms with Gasteiger partial charge < -0.3 is 10.1 Å². The Kier molecular flexibility index (Phi) is 5.57. The van der Waals surface area contributed by atoms with Gasteiger partial charge >= 0.3 is 0 Å². The summed E-state index contributed by atoms with van der Waals surface area (Å²) in [4.78, 5) is 15.7. The fourth-order valence-electron chi connectivity index (χ4n) is 1.89. The van der Waals surface area contributed by atoms with Crippen LogP contribution in [-0.4, -0.2) is 36.1 Å². The van der Waals surface area contributed by atoms with E-state index in [1.54, 1.807) is 0 Å². The number of terminal acetylenes is 1. The van der Waals surface area contributed by atoms with Gasteiger partial charge in [0.25, 0.3) is 12.3 Å². The summed E-state index contributed by atoms with van der Waals surface area (Å²) in [6.45, 7) is -0.328. The molecule has 0 radical (unpaired) electrons. The number of halogens is 2. The van der Waals surface area contributed by atoms with Gasteiger partial charge in [0.1, 0.15) is 0 Å². The van der Waals surface area contributed by atoms with E-state index in [2.05, 4.69) is 26.4 Å². The summed E-state index contributed by atoms with van der Waals surface area (Å²) < 4.78 is 28.7.